The van der Waals surface area contributed by atoms with Gasteiger partial charge in [0.2, 0.25) is 5.95 Å². The zero-order valence-corrected chi connectivity index (χ0v) is 19.1. The fourth-order valence-corrected chi connectivity index (χ4v) is 4.50. The molecule has 1 amide bonds. The lowest BCUT2D eigenvalue weighted by molar-refractivity contribution is -0.123. The van der Waals surface area contributed by atoms with Gasteiger partial charge in [0.15, 0.2) is 0 Å². The Morgan fingerprint density at radius 2 is 1.80 bits per heavy atom. The number of carbonyl (C=O) groups is 2. The van der Waals surface area contributed by atoms with Gasteiger partial charge in [-0.2, -0.15) is 0 Å². The lowest BCUT2D eigenvalue weighted by Crippen LogP contribution is -2.42. The molecule has 2 aromatic carbocycles. The van der Waals surface area contributed by atoms with Gasteiger partial charge in [-0.3, -0.25) is 9.36 Å². The van der Waals surface area contributed by atoms with Gasteiger partial charge in [0.05, 0.1) is 19.0 Å². The van der Waals surface area contributed by atoms with Gasteiger partial charge in [-0.1, -0.05) is 51.3 Å². The molecule has 0 saturated heterocycles. The minimum Gasteiger partial charge on any atom is -0.464 e. The van der Waals surface area contributed by atoms with Crippen molar-refractivity contribution < 1.29 is 14.3 Å². The normalized spacial score (nSPS) is 17.9. The van der Waals surface area contributed by atoms with Gasteiger partial charge in [-0.15, -0.1) is 0 Å². The predicted octanol–water partition coefficient (Wildman–Crippen LogP) is 5.38. The van der Waals surface area contributed by atoms with Crippen LogP contribution in [0.15, 0.2) is 53.1 Å². The first kappa shape index (κ1) is 20.9. The van der Waals surface area contributed by atoms with Crippen LogP contribution in [0.25, 0.3) is 0 Å². The summed E-state index contributed by atoms with van der Waals surface area (Å²) >= 11 is 15.8. The molecule has 0 spiro atoms. The van der Waals surface area contributed by atoms with Crippen LogP contribution in [0.5, 0.6) is 0 Å². The van der Waals surface area contributed by atoms with Crippen LogP contribution in [0.4, 0.5) is 11.6 Å². The highest BCUT2D eigenvalue weighted by molar-refractivity contribution is 9.10. The van der Waals surface area contributed by atoms with Crippen molar-refractivity contribution in [1.82, 2.24) is 9.55 Å². The number of ether oxygens (including phenoxy) is 1. The summed E-state index contributed by atoms with van der Waals surface area (Å²) in [5, 5.41) is 0.774. The fraction of sp³-hybridized carbons (Fsp3) is 0.190. The van der Waals surface area contributed by atoms with Crippen LogP contribution in [0.2, 0.25) is 10.0 Å². The molecule has 1 aliphatic rings. The number of nitrogens with zero attached hydrogens (tertiary/aromatic N) is 3. The van der Waals surface area contributed by atoms with Gasteiger partial charge in [-0.25, -0.2) is 14.7 Å². The first-order valence-electron chi connectivity index (χ1n) is 8.96. The largest absolute Gasteiger partial charge is 0.464 e. The van der Waals surface area contributed by atoms with Crippen LogP contribution in [-0.4, -0.2) is 28.5 Å². The van der Waals surface area contributed by atoms with E-state index in [9.17, 15) is 9.59 Å². The highest BCUT2D eigenvalue weighted by atomic mass is 79.9. The highest BCUT2D eigenvalue weighted by Gasteiger charge is 2.51. The van der Waals surface area contributed by atoms with Gasteiger partial charge in [-0.05, 0) is 42.8 Å². The minimum atomic E-state index is -1.11. The van der Waals surface area contributed by atoms with Crippen molar-refractivity contribution in [2.24, 2.45) is 0 Å². The quantitative estimate of drug-likeness (QED) is 0.444. The molecule has 2 heterocycles. The first-order chi connectivity index (χ1) is 14.2. The lowest BCUT2D eigenvalue weighted by atomic mass is 9.91. The number of benzene rings is 2. The number of hydrogen-bond donors (Lipinski definition) is 0. The number of carbonyl (C=O) groups excluding carboxylic acids is 2. The molecule has 4 rings (SSSR count). The van der Waals surface area contributed by atoms with Crippen LogP contribution in [-0.2, 0) is 21.5 Å². The number of esters is 1. The Morgan fingerprint density at radius 3 is 2.40 bits per heavy atom. The molecular formula is C21H16BrCl2N3O3. The van der Waals surface area contributed by atoms with Crippen molar-refractivity contribution in [2.75, 3.05) is 12.0 Å². The number of rotatable bonds is 4. The van der Waals surface area contributed by atoms with E-state index in [1.807, 2.05) is 24.3 Å². The Bertz CT molecular complexity index is 1140. The summed E-state index contributed by atoms with van der Waals surface area (Å²) in [6.45, 7) is 1.78. The van der Waals surface area contributed by atoms with Crippen molar-refractivity contribution in [3.05, 3.63) is 74.4 Å². The number of fused-ring (bicyclic) bond motifs is 1. The predicted molar refractivity (Wildman–Crippen MR) is 119 cm³/mol. The Kier molecular flexibility index (Phi) is 5.38. The molecule has 0 aliphatic carbocycles. The van der Waals surface area contributed by atoms with Gasteiger partial charge >= 0.3 is 5.97 Å². The Balaban J connectivity index is 1.89. The van der Waals surface area contributed by atoms with E-state index in [1.165, 1.54) is 18.2 Å². The average Bonchev–Trinajstić information content (AvgIpc) is 3.21. The summed E-state index contributed by atoms with van der Waals surface area (Å²) < 4.78 is 7.47. The van der Waals surface area contributed by atoms with Crippen molar-refractivity contribution in [3.63, 3.8) is 0 Å². The summed E-state index contributed by atoms with van der Waals surface area (Å²) in [7, 11) is 1.29. The number of halogens is 3. The fourth-order valence-electron chi connectivity index (χ4n) is 3.72. The molecule has 6 nitrogen and oxygen atoms in total. The maximum Gasteiger partial charge on any atom is 0.356 e. The van der Waals surface area contributed by atoms with Gasteiger partial charge < -0.3 is 4.74 Å². The zero-order valence-electron chi connectivity index (χ0n) is 16.0. The number of methoxy groups -OCH3 is 1. The van der Waals surface area contributed by atoms with E-state index in [0.717, 1.165) is 10.0 Å². The molecule has 154 valence electrons. The standard InChI is InChI=1S/C21H16BrCl2N3O3/c1-21(10-12-3-5-13(22)6-4-12)19(29)26(16-8-14(23)7-15(24)9-16)20-25-11-17(27(20)21)18(28)30-2/h3-9,11H,10H2,1-2H3/t21-/m1/s1. The second kappa shape index (κ2) is 7.72. The molecule has 0 bridgehead atoms. The summed E-state index contributed by atoms with van der Waals surface area (Å²) in [4.78, 5) is 31.9. The van der Waals surface area contributed by atoms with E-state index in [0.29, 0.717) is 28.1 Å². The smallest absolute Gasteiger partial charge is 0.356 e. The maximum absolute atomic E-state index is 13.7. The molecule has 3 aromatic rings. The van der Waals surface area contributed by atoms with Crippen molar-refractivity contribution in [3.8, 4) is 0 Å². The molecule has 0 unspecified atom stereocenters. The van der Waals surface area contributed by atoms with Gasteiger partial charge in [0, 0.05) is 20.9 Å². The van der Waals surface area contributed by atoms with E-state index in [2.05, 4.69) is 20.9 Å². The number of amides is 1. The molecule has 0 N–H and O–H groups in total. The van der Waals surface area contributed by atoms with Crippen LogP contribution >= 0.6 is 39.1 Å². The topological polar surface area (TPSA) is 64.4 Å². The molecule has 9 heteroatoms. The number of anilines is 2. The van der Waals surface area contributed by atoms with Crippen LogP contribution in [0, 0.1) is 0 Å². The molecule has 0 radical (unpaired) electrons. The first-order valence-corrected chi connectivity index (χ1v) is 10.5. The maximum atomic E-state index is 13.7. The van der Waals surface area contributed by atoms with Crippen LogP contribution in [0.3, 0.4) is 0 Å². The van der Waals surface area contributed by atoms with E-state index in [1.54, 1.807) is 29.7 Å². The number of imidazole rings is 1. The molecule has 1 aliphatic heterocycles. The van der Waals surface area contributed by atoms with Crippen molar-refractivity contribution >= 4 is 62.6 Å². The second-order valence-corrected chi connectivity index (χ2v) is 8.90. The third kappa shape index (κ3) is 3.41. The van der Waals surface area contributed by atoms with E-state index in [-0.39, 0.29) is 11.6 Å². The van der Waals surface area contributed by atoms with Crippen LogP contribution < -0.4 is 4.90 Å². The Hall–Kier alpha value is -2.35. The van der Waals surface area contributed by atoms with E-state index in [4.69, 9.17) is 27.9 Å². The molecular weight excluding hydrogens is 493 g/mol. The SMILES string of the molecule is COC(=O)c1cnc2n1[C@](C)(Cc1ccc(Br)cc1)C(=O)N2c1cc(Cl)cc(Cl)c1. The van der Waals surface area contributed by atoms with Crippen molar-refractivity contribution in [2.45, 2.75) is 18.9 Å². The van der Waals surface area contributed by atoms with Gasteiger partial charge in [0.25, 0.3) is 5.91 Å². The minimum absolute atomic E-state index is 0.191. The lowest BCUT2D eigenvalue weighted by Gasteiger charge is -2.26. The van der Waals surface area contributed by atoms with Crippen molar-refractivity contribution in [1.29, 1.82) is 0 Å². The van der Waals surface area contributed by atoms with Crippen LogP contribution in [0.1, 0.15) is 23.0 Å². The number of hydrogen-bond acceptors (Lipinski definition) is 4. The molecule has 0 saturated carbocycles. The zero-order chi connectivity index (χ0) is 21.6. The van der Waals surface area contributed by atoms with E-state index >= 15 is 0 Å². The third-order valence-corrected chi connectivity index (χ3v) is 6.03. The Labute approximate surface area is 191 Å². The highest BCUT2D eigenvalue weighted by Crippen LogP contribution is 2.43. The monoisotopic (exact) mass is 507 g/mol. The Morgan fingerprint density at radius 1 is 1.17 bits per heavy atom. The van der Waals surface area contributed by atoms with Gasteiger partial charge in [0.1, 0.15) is 11.2 Å². The summed E-state index contributed by atoms with van der Waals surface area (Å²) in [5.41, 5.74) is 0.477. The third-order valence-electron chi connectivity index (χ3n) is 5.06. The molecule has 30 heavy (non-hydrogen) atoms. The number of aromatic nitrogens is 2. The van der Waals surface area contributed by atoms with E-state index < -0.39 is 11.5 Å². The molecule has 0 fully saturated rings. The molecule has 1 aromatic heterocycles. The second-order valence-electron chi connectivity index (χ2n) is 7.12. The molecule has 1 atom stereocenters. The summed E-state index contributed by atoms with van der Waals surface area (Å²) in [6.07, 6.45) is 1.75. The summed E-state index contributed by atoms with van der Waals surface area (Å²) in [5.74, 6) is -0.523. The summed E-state index contributed by atoms with van der Waals surface area (Å²) in [6, 6.07) is 12.5. The average molecular weight is 509 g/mol.